The largest absolute Gasteiger partial charge is 0.497 e. The molecule has 1 aromatic heterocycles. The number of nitrogens with one attached hydrogen (secondary N) is 2. The third kappa shape index (κ3) is 4.27. The summed E-state index contributed by atoms with van der Waals surface area (Å²) in [6.07, 6.45) is 1.38. The van der Waals surface area contributed by atoms with Gasteiger partial charge in [0.15, 0.2) is 11.6 Å². The normalized spacial score (nSPS) is 10.4. The van der Waals surface area contributed by atoms with E-state index in [-0.39, 0.29) is 0 Å². The molecule has 4 N–H and O–H groups in total. The first kappa shape index (κ1) is 18.9. The van der Waals surface area contributed by atoms with Crippen molar-refractivity contribution in [3.8, 4) is 11.5 Å². The van der Waals surface area contributed by atoms with Crippen molar-refractivity contribution in [2.24, 2.45) is 0 Å². The molecule has 0 bridgehead atoms. The fourth-order valence-electron chi connectivity index (χ4n) is 2.35. The van der Waals surface area contributed by atoms with Crippen molar-refractivity contribution in [2.75, 3.05) is 30.6 Å². The number of ether oxygens (including phenoxy) is 2. The van der Waals surface area contributed by atoms with Gasteiger partial charge < -0.3 is 25.8 Å². The van der Waals surface area contributed by atoms with Crippen molar-refractivity contribution in [3.05, 3.63) is 52.8 Å². The second-order valence-corrected chi connectivity index (χ2v) is 6.27. The zero-order valence-corrected chi connectivity index (χ0v) is 16.1. The molecular formula is C18H17Cl2N5O2. The van der Waals surface area contributed by atoms with E-state index in [9.17, 15) is 0 Å². The molecule has 0 amide bonds. The molecule has 0 fully saturated rings. The molecule has 27 heavy (non-hydrogen) atoms. The fraction of sp³-hybridized carbons (Fsp3) is 0.111. The first-order valence-corrected chi connectivity index (χ1v) is 8.59. The van der Waals surface area contributed by atoms with Gasteiger partial charge >= 0.3 is 0 Å². The maximum absolute atomic E-state index is 6.23. The number of rotatable bonds is 6. The first-order valence-electron chi connectivity index (χ1n) is 7.83. The van der Waals surface area contributed by atoms with Crippen LogP contribution in [0.4, 0.5) is 28.7 Å². The van der Waals surface area contributed by atoms with E-state index < -0.39 is 0 Å². The van der Waals surface area contributed by atoms with Crippen LogP contribution in [-0.4, -0.2) is 24.2 Å². The summed E-state index contributed by atoms with van der Waals surface area (Å²) in [6.45, 7) is 0. The summed E-state index contributed by atoms with van der Waals surface area (Å²) in [7, 11) is 3.16. The van der Waals surface area contributed by atoms with Crippen molar-refractivity contribution in [1.82, 2.24) is 9.97 Å². The van der Waals surface area contributed by atoms with E-state index in [1.165, 1.54) is 6.33 Å². The maximum atomic E-state index is 6.23. The van der Waals surface area contributed by atoms with Gasteiger partial charge in [-0.15, -0.1) is 0 Å². The molecule has 140 valence electrons. The minimum absolute atomic E-state index is 0.304. The Bertz CT molecular complexity index is 968. The van der Waals surface area contributed by atoms with Crippen LogP contribution >= 0.6 is 23.2 Å². The molecule has 0 unspecified atom stereocenters. The van der Waals surface area contributed by atoms with E-state index in [0.29, 0.717) is 50.2 Å². The Morgan fingerprint density at radius 2 is 1.59 bits per heavy atom. The lowest BCUT2D eigenvalue weighted by molar-refractivity contribution is 0.405. The van der Waals surface area contributed by atoms with Crippen LogP contribution < -0.4 is 25.8 Å². The van der Waals surface area contributed by atoms with Crippen molar-refractivity contribution >= 4 is 51.9 Å². The van der Waals surface area contributed by atoms with Gasteiger partial charge in [0.05, 0.1) is 30.6 Å². The second-order valence-electron chi connectivity index (χ2n) is 5.42. The van der Waals surface area contributed by atoms with Crippen LogP contribution in [0.5, 0.6) is 11.5 Å². The number of anilines is 5. The Hall–Kier alpha value is -2.90. The molecule has 0 atom stereocenters. The molecule has 7 nitrogen and oxygen atoms in total. The van der Waals surface area contributed by atoms with E-state index in [0.717, 1.165) is 0 Å². The van der Waals surface area contributed by atoms with Crippen molar-refractivity contribution in [3.63, 3.8) is 0 Å². The van der Waals surface area contributed by atoms with Gasteiger partial charge in [0.1, 0.15) is 23.5 Å². The number of hydrogen-bond acceptors (Lipinski definition) is 7. The smallest absolute Gasteiger partial charge is 0.159 e. The standard InChI is InChI=1S/C18H17Cl2N5O2/c1-26-11-4-6-15(27-2)14(8-11)25-18-16(21)17(22-9-23-18)24-13-7-10(19)3-5-12(13)20/h3-9H,21H2,1-2H3,(H2,22,23,24,25). The zero-order chi connectivity index (χ0) is 19.4. The zero-order valence-electron chi connectivity index (χ0n) is 14.6. The van der Waals surface area contributed by atoms with Gasteiger partial charge in [0, 0.05) is 11.1 Å². The Morgan fingerprint density at radius 1 is 0.889 bits per heavy atom. The highest BCUT2D eigenvalue weighted by atomic mass is 35.5. The highest BCUT2D eigenvalue weighted by Gasteiger charge is 2.13. The molecule has 0 aliphatic heterocycles. The van der Waals surface area contributed by atoms with Crippen molar-refractivity contribution in [1.29, 1.82) is 0 Å². The summed E-state index contributed by atoms with van der Waals surface area (Å²) >= 11 is 12.2. The third-order valence-electron chi connectivity index (χ3n) is 3.73. The number of methoxy groups -OCH3 is 2. The fourth-order valence-corrected chi connectivity index (χ4v) is 2.69. The molecule has 0 saturated heterocycles. The van der Waals surface area contributed by atoms with Gasteiger partial charge in [-0.05, 0) is 30.3 Å². The van der Waals surface area contributed by atoms with Crippen LogP contribution in [0.3, 0.4) is 0 Å². The van der Waals surface area contributed by atoms with Gasteiger partial charge in [0.25, 0.3) is 0 Å². The van der Waals surface area contributed by atoms with Crippen LogP contribution in [0.2, 0.25) is 10.0 Å². The molecule has 1 heterocycles. The predicted molar refractivity (Wildman–Crippen MR) is 109 cm³/mol. The number of halogens is 2. The highest BCUT2D eigenvalue weighted by molar-refractivity contribution is 6.35. The van der Waals surface area contributed by atoms with Gasteiger partial charge in [-0.25, -0.2) is 9.97 Å². The van der Waals surface area contributed by atoms with Gasteiger partial charge in [0.2, 0.25) is 0 Å². The quantitative estimate of drug-likeness (QED) is 0.538. The maximum Gasteiger partial charge on any atom is 0.159 e. The lowest BCUT2D eigenvalue weighted by Gasteiger charge is -2.15. The van der Waals surface area contributed by atoms with Crippen molar-refractivity contribution in [2.45, 2.75) is 0 Å². The summed E-state index contributed by atoms with van der Waals surface area (Å²) in [5.41, 5.74) is 7.77. The summed E-state index contributed by atoms with van der Waals surface area (Å²) < 4.78 is 10.6. The second kappa shape index (κ2) is 8.20. The Labute approximate surface area is 166 Å². The predicted octanol–water partition coefficient (Wildman–Crippen LogP) is 4.87. The SMILES string of the molecule is COc1ccc(OC)c(Nc2ncnc(Nc3cc(Cl)ccc3Cl)c2N)c1. The average molecular weight is 406 g/mol. The molecule has 9 heteroatoms. The van der Waals surface area contributed by atoms with E-state index in [1.54, 1.807) is 50.6 Å². The Morgan fingerprint density at radius 3 is 2.26 bits per heavy atom. The summed E-state index contributed by atoms with van der Waals surface area (Å²) in [6, 6.07) is 10.4. The number of nitrogen functional groups attached to an aromatic ring is 1. The molecule has 0 aliphatic rings. The molecular weight excluding hydrogens is 389 g/mol. The molecule has 3 aromatic rings. The first-order chi connectivity index (χ1) is 13.0. The van der Waals surface area contributed by atoms with E-state index in [2.05, 4.69) is 20.6 Å². The Kier molecular flexibility index (Phi) is 5.73. The monoisotopic (exact) mass is 405 g/mol. The number of nitrogens with zero attached hydrogens (tertiary/aromatic N) is 2. The molecule has 0 radical (unpaired) electrons. The van der Waals surface area contributed by atoms with Crippen LogP contribution in [0.1, 0.15) is 0 Å². The minimum atomic E-state index is 0.304. The van der Waals surface area contributed by atoms with E-state index >= 15 is 0 Å². The average Bonchev–Trinajstić information content (AvgIpc) is 2.67. The van der Waals surface area contributed by atoms with Crippen LogP contribution in [0.15, 0.2) is 42.7 Å². The Balaban J connectivity index is 1.93. The molecule has 0 aliphatic carbocycles. The summed E-state index contributed by atoms with van der Waals surface area (Å²) in [4.78, 5) is 8.38. The number of aromatic nitrogens is 2. The van der Waals surface area contributed by atoms with Crippen molar-refractivity contribution < 1.29 is 9.47 Å². The number of nitrogens with two attached hydrogens (primary N) is 1. The summed E-state index contributed by atoms with van der Waals surface area (Å²) in [5, 5.41) is 7.23. The molecule has 2 aromatic carbocycles. The number of benzene rings is 2. The van der Waals surface area contributed by atoms with Gasteiger partial charge in [-0.2, -0.15) is 0 Å². The molecule has 0 saturated carbocycles. The van der Waals surface area contributed by atoms with Crippen LogP contribution in [0.25, 0.3) is 0 Å². The van der Waals surface area contributed by atoms with Crippen LogP contribution in [0, 0.1) is 0 Å². The van der Waals surface area contributed by atoms with E-state index in [4.69, 9.17) is 38.4 Å². The van der Waals surface area contributed by atoms with Crippen LogP contribution in [-0.2, 0) is 0 Å². The highest BCUT2D eigenvalue weighted by Crippen LogP contribution is 2.35. The summed E-state index contributed by atoms with van der Waals surface area (Å²) in [5.74, 6) is 2.06. The minimum Gasteiger partial charge on any atom is -0.497 e. The number of hydrogen-bond donors (Lipinski definition) is 3. The lowest BCUT2D eigenvalue weighted by Crippen LogP contribution is -2.06. The third-order valence-corrected chi connectivity index (χ3v) is 4.29. The molecule has 0 spiro atoms. The van der Waals surface area contributed by atoms with Gasteiger partial charge in [-0.3, -0.25) is 0 Å². The topological polar surface area (TPSA) is 94.3 Å². The lowest BCUT2D eigenvalue weighted by atomic mass is 10.2. The molecule has 3 rings (SSSR count). The van der Waals surface area contributed by atoms with Gasteiger partial charge in [-0.1, -0.05) is 23.2 Å². The van der Waals surface area contributed by atoms with E-state index in [1.807, 2.05) is 0 Å².